The number of carbonyl (C=O) groups excluding carboxylic acids is 1. The van der Waals surface area contributed by atoms with Gasteiger partial charge < -0.3 is 19.7 Å². The van der Waals surface area contributed by atoms with Crippen LogP contribution in [0.5, 0.6) is 11.5 Å². The molecule has 1 aliphatic rings. The van der Waals surface area contributed by atoms with Gasteiger partial charge in [0, 0.05) is 18.7 Å². The van der Waals surface area contributed by atoms with Gasteiger partial charge in [0.05, 0.1) is 31.3 Å². The van der Waals surface area contributed by atoms with E-state index in [4.69, 9.17) is 9.47 Å². The summed E-state index contributed by atoms with van der Waals surface area (Å²) in [6.45, 7) is 1.92. The Morgan fingerprint density at radius 1 is 1.03 bits per heavy atom. The van der Waals surface area contributed by atoms with Crippen molar-refractivity contribution in [3.63, 3.8) is 0 Å². The highest BCUT2D eigenvalue weighted by Crippen LogP contribution is 2.32. The van der Waals surface area contributed by atoms with Crippen LogP contribution in [-0.2, 0) is 0 Å². The molecule has 3 aromatic rings. The van der Waals surface area contributed by atoms with Crippen molar-refractivity contribution in [2.75, 3.05) is 37.5 Å². The van der Waals surface area contributed by atoms with Crippen molar-refractivity contribution < 1.29 is 14.3 Å². The third-order valence-electron chi connectivity index (χ3n) is 4.93. The molecule has 1 aromatic heterocycles. The number of hydrogen-bond donors (Lipinski definition) is 1. The number of carbonyl (C=O) groups is 1. The monoisotopic (exact) mass is 394 g/mol. The van der Waals surface area contributed by atoms with Gasteiger partial charge in [-0.05, 0) is 59.7 Å². The molecule has 1 saturated heterocycles. The largest absolute Gasteiger partial charge is 0.493 e. The van der Waals surface area contributed by atoms with Crippen LogP contribution in [0, 0.1) is 0 Å². The summed E-state index contributed by atoms with van der Waals surface area (Å²) >= 11 is 0. The van der Waals surface area contributed by atoms with Gasteiger partial charge in [-0.2, -0.15) is 0 Å². The predicted molar refractivity (Wildman–Crippen MR) is 108 cm³/mol. The number of ether oxygens (including phenoxy) is 2. The van der Waals surface area contributed by atoms with Gasteiger partial charge in [-0.15, -0.1) is 5.10 Å². The average Bonchev–Trinajstić information content (AvgIpc) is 3.47. The maximum absolute atomic E-state index is 13.0. The van der Waals surface area contributed by atoms with E-state index in [0.29, 0.717) is 22.7 Å². The van der Waals surface area contributed by atoms with Gasteiger partial charge in [-0.1, -0.05) is 0 Å². The van der Waals surface area contributed by atoms with E-state index in [1.165, 1.54) is 6.33 Å². The SMILES string of the molecule is COc1ccc(C(=O)Nc2cc(-n3cnnn3)ccc2N2CCCC2)cc1OC. The molecule has 1 amide bonds. The standard InChI is InChI=1S/C20H22N6O3/c1-28-18-8-5-14(11-19(18)29-2)20(27)22-16-12-15(26-13-21-23-24-26)6-7-17(16)25-9-3-4-10-25/h5-8,11-13H,3-4,9-10H2,1-2H3,(H,22,27). The van der Waals surface area contributed by atoms with Crippen LogP contribution >= 0.6 is 0 Å². The highest BCUT2D eigenvalue weighted by molar-refractivity contribution is 6.06. The van der Waals surface area contributed by atoms with Gasteiger partial charge in [-0.3, -0.25) is 4.79 Å². The summed E-state index contributed by atoms with van der Waals surface area (Å²) in [6.07, 6.45) is 3.79. The number of aromatic nitrogens is 4. The van der Waals surface area contributed by atoms with Crippen LogP contribution in [0.15, 0.2) is 42.7 Å². The van der Waals surface area contributed by atoms with Gasteiger partial charge in [0.2, 0.25) is 0 Å². The van der Waals surface area contributed by atoms with Crippen molar-refractivity contribution in [1.82, 2.24) is 20.2 Å². The Labute approximate surface area is 168 Å². The molecule has 4 rings (SSSR count). The molecule has 29 heavy (non-hydrogen) atoms. The van der Waals surface area contributed by atoms with Crippen molar-refractivity contribution in [2.24, 2.45) is 0 Å². The maximum atomic E-state index is 13.0. The number of tetrazole rings is 1. The molecule has 0 aliphatic carbocycles. The van der Waals surface area contributed by atoms with Crippen LogP contribution in [0.2, 0.25) is 0 Å². The second kappa shape index (κ2) is 8.17. The first-order valence-corrected chi connectivity index (χ1v) is 9.35. The second-order valence-corrected chi connectivity index (χ2v) is 6.67. The average molecular weight is 394 g/mol. The van der Waals surface area contributed by atoms with Gasteiger partial charge >= 0.3 is 0 Å². The first-order chi connectivity index (χ1) is 14.2. The molecule has 2 heterocycles. The Morgan fingerprint density at radius 2 is 1.83 bits per heavy atom. The third-order valence-corrected chi connectivity index (χ3v) is 4.93. The summed E-state index contributed by atoms with van der Waals surface area (Å²) in [5, 5.41) is 14.3. The van der Waals surface area contributed by atoms with Gasteiger partial charge in [-0.25, -0.2) is 4.68 Å². The summed E-state index contributed by atoms with van der Waals surface area (Å²) in [5.41, 5.74) is 2.93. The van der Waals surface area contributed by atoms with E-state index in [2.05, 4.69) is 25.7 Å². The van der Waals surface area contributed by atoms with E-state index < -0.39 is 0 Å². The zero-order valence-corrected chi connectivity index (χ0v) is 16.3. The van der Waals surface area contributed by atoms with Gasteiger partial charge in [0.15, 0.2) is 11.5 Å². The number of nitrogens with zero attached hydrogens (tertiary/aromatic N) is 5. The Hall–Kier alpha value is -3.62. The van der Waals surface area contributed by atoms with Crippen molar-refractivity contribution in [3.8, 4) is 17.2 Å². The summed E-state index contributed by atoms with van der Waals surface area (Å²) in [5.74, 6) is 0.838. The quantitative estimate of drug-likeness (QED) is 0.686. The second-order valence-electron chi connectivity index (χ2n) is 6.67. The molecule has 0 saturated carbocycles. The molecule has 0 bridgehead atoms. The van der Waals surface area contributed by atoms with Crippen LogP contribution in [-0.4, -0.2) is 53.4 Å². The Morgan fingerprint density at radius 3 is 2.52 bits per heavy atom. The van der Waals surface area contributed by atoms with Crippen molar-refractivity contribution in [3.05, 3.63) is 48.3 Å². The normalized spacial score (nSPS) is 13.4. The molecule has 0 atom stereocenters. The lowest BCUT2D eigenvalue weighted by molar-refractivity contribution is 0.102. The van der Waals surface area contributed by atoms with Crippen molar-refractivity contribution >= 4 is 17.3 Å². The molecule has 1 aliphatic heterocycles. The molecule has 1 fully saturated rings. The molecular weight excluding hydrogens is 372 g/mol. The fraction of sp³-hybridized carbons (Fsp3) is 0.300. The van der Waals surface area contributed by atoms with E-state index in [-0.39, 0.29) is 5.91 Å². The molecule has 0 spiro atoms. The molecule has 9 heteroatoms. The smallest absolute Gasteiger partial charge is 0.255 e. The molecule has 9 nitrogen and oxygen atoms in total. The highest BCUT2D eigenvalue weighted by atomic mass is 16.5. The zero-order valence-electron chi connectivity index (χ0n) is 16.3. The summed E-state index contributed by atoms with van der Waals surface area (Å²) in [6, 6.07) is 10.9. The third kappa shape index (κ3) is 3.84. The van der Waals surface area contributed by atoms with E-state index in [0.717, 1.165) is 37.3 Å². The van der Waals surface area contributed by atoms with Crippen LogP contribution in [0.25, 0.3) is 5.69 Å². The van der Waals surface area contributed by atoms with E-state index >= 15 is 0 Å². The lowest BCUT2D eigenvalue weighted by Crippen LogP contribution is -2.21. The number of rotatable bonds is 6. The summed E-state index contributed by atoms with van der Waals surface area (Å²) in [7, 11) is 3.10. The van der Waals surface area contributed by atoms with Crippen LogP contribution in [0.1, 0.15) is 23.2 Å². The van der Waals surface area contributed by atoms with E-state index in [9.17, 15) is 4.79 Å². The minimum atomic E-state index is -0.236. The fourth-order valence-electron chi connectivity index (χ4n) is 3.45. The number of methoxy groups -OCH3 is 2. The molecule has 150 valence electrons. The molecule has 0 radical (unpaired) electrons. The Kier molecular flexibility index (Phi) is 5.28. The van der Waals surface area contributed by atoms with Crippen LogP contribution < -0.4 is 19.7 Å². The maximum Gasteiger partial charge on any atom is 0.255 e. The van der Waals surface area contributed by atoms with Crippen LogP contribution in [0.3, 0.4) is 0 Å². The van der Waals surface area contributed by atoms with E-state index in [1.54, 1.807) is 37.1 Å². The summed E-state index contributed by atoms with van der Waals surface area (Å²) < 4.78 is 12.1. The Bertz CT molecular complexity index is 999. The van der Waals surface area contributed by atoms with Gasteiger partial charge in [0.1, 0.15) is 6.33 Å². The first-order valence-electron chi connectivity index (χ1n) is 9.35. The molecule has 1 N–H and O–H groups in total. The number of amides is 1. The zero-order chi connectivity index (χ0) is 20.2. The highest BCUT2D eigenvalue weighted by Gasteiger charge is 2.19. The first kappa shape index (κ1) is 18.7. The number of benzene rings is 2. The minimum absolute atomic E-state index is 0.236. The lowest BCUT2D eigenvalue weighted by Gasteiger charge is -2.22. The van der Waals surface area contributed by atoms with Crippen molar-refractivity contribution in [1.29, 1.82) is 0 Å². The predicted octanol–water partition coefficient (Wildman–Crippen LogP) is 2.53. The number of anilines is 2. The Balaban J connectivity index is 1.67. The summed E-state index contributed by atoms with van der Waals surface area (Å²) in [4.78, 5) is 15.2. The van der Waals surface area contributed by atoms with Crippen LogP contribution in [0.4, 0.5) is 11.4 Å². The number of nitrogens with one attached hydrogen (secondary N) is 1. The minimum Gasteiger partial charge on any atom is -0.493 e. The van der Waals surface area contributed by atoms with Crippen molar-refractivity contribution in [2.45, 2.75) is 12.8 Å². The lowest BCUT2D eigenvalue weighted by atomic mass is 10.1. The topological polar surface area (TPSA) is 94.4 Å². The molecule has 0 unspecified atom stereocenters. The molecule has 2 aromatic carbocycles. The number of hydrogen-bond acceptors (Lipinski definition) is 7. The van der Waals surface area contributed by atoms with E-state index in [1.807, 2.05) is 18.2 Å². The van der Waals surface area contributed by atoms with Gasteiger partial charge in [0.25, 0.3) is 5.91 Å². The molecular formula is C20H22N6O3. The fourth-order valence-corrected chi connectivity index (χ4v) is 3.45.